The lowest BCUT2D eigenvalue weighted by Crippen LogP contribution is -2.34. The van der Waals surface area contributed by atoms with E-state index in [-0.39, 0.29) is 11.9 Å². The van der Waals surface area contributed by atoms with E-state index >= 15 is 0 Å². The van der Waals surface area contributed by atoms with Crippen LogP contribution in [0.25, 0.3) is 0 Å². The lowest BCUT2D eigenvalue weighted by Gasteiger charge is -2.22. The lowest BCUT2D eigenvalue weighted by atomic mass is 10.2. The third-order valence-corrected chi connectivity index (χ3v) is 2.91. The number of nitrogens with zero attached hydrogens (tertiary/aromatic N) is 1. The molecule has 19 heavy (non-hydrogen) atoms. The van der Waals surface area contributed by atoms with Gasteiger partial charge in [0.1, 0.15) is 11.5 Å². The number of hydrogen-bond donors (Lipinski definition) is 1. The smallest absolute Gasteiger partial charge is 0.287 e. The summed E-state index contributed by atoms with van der Waals surface area (Å²) in [6.07, 6.45) is 1.48. The van der Waals surface area contributed by atoms with Crippen molar-refractivity contribution in [1.29, 1.82) is 0 Å². The predicted octanol–water partition coefficient (Wildman–Crippen LogP) is 2.21. The number of amides is 1. The molecule has 0 aliphatic heterocycles. The molecule has 0 aromatic carbocycles. The van der Waals surface area contributed by atoms with Gasteiger partial charge < -0.3 is 14.2 Å². The molecule has 5 nitrogen and oxygen atoms in total. The zero-order valence-electron chi connectivity index (χ0n) is 11.3. The van der Waals surface area contributed by atoms with Crippen LogP contribution in [-0.4, -0.2) is 31.4 Å². The zero-order chi connectivity index (χ0) is 13.8. The third kappa shape index (κ3) is 3.26. The lowest BCUT2D eigenvalue weighted by molar-refractivity contribution is 0.0911. The monoisotopic (exact) mass is 262 g/mol. The van der Waals surface area contributed by atoms with Crippen molar-refractivity contribution < 1.29 is 13.6 Å². The maximum atomic E-state index is 11.8. The molecule has 0 spiro atoms. The van der Waals surface area contributed by atoms with E-state index in [0.29, 0.717) is 12.3 Å². The fourth-order valence-electron chi connectivity index (χ4n) is 1.85. The van der Waals surface area contributed by atoms with Crippen molar-refractivity contribution in [3.05, 3.63) is 47.8 Å². The van der Waals surface area contributed by atoms with Crippen LogP contribution < -0.4 is 5.32 Å². The quantitative estimate of drug-likeness (QED) is 0.897. The molecular formula is C14H18N2O3. The average molecular weight is 262 g/mol. The normalized spacial score (nSPS) is 12.6. The number of furan rings is 2. The summed E-state index contributed by atoms with van der Waals surface area (Å²) in [5.74, 6) is 1.79. The Balaban J connectivity index is 2.00. The Morgan fingerprint density at radius 3 is 2.68 bits per heavy atom. The molecule has 0 aliphatic rings. The van der Waals surface area contributed by atoms with Crippen LogP contribution in [0.15, 0.2) is 39.4 Å². The van der Waals surface area contributed by atoms with E-state index in [2.05, 4.69) is 5.32 Å². The molecule has 1 unspecified atom stereocenters. The Morgan fingerprint density at radius 1 is 1.37 bits per heavy atom. The Morgan fingerprint density at radius 2 is 2.16 bits per heavy atom. The van der Waals surface area contributed by atoms with E-state index in [1.54, 1.807) is 12.1 Å². The maximum absolute atomic E-state index is 11.8. The summed E-state index contributed by atoms with van der Waals surface area (Å²) in [6.45, 7) is 2.36. The predicted molar refractivity (Wildman–Crippen MR) is 70.9 cm³/mol. The first-order chi connectivity index (χ1) is 9.08. The van der Waals surface area contributed by atoms with Crippen molar-refractivity contribution in [3.8, 4) is 0 Å². The second-order valence-electron chi connectivity index (χ2n) is 4.62. The van der Waals surface area contributed by atoms with Crippen LogP contribution >= 0.6 is 0 Å². The average Bonchev–Trinajstić information content (AvgIpc) is 3.00. The van der Waals surface area contributed by atoms with Gasteiger partial charge in [-0.15, -0.1) is 0 Å². The number of likely N-dealkylation sites (N-methyl/N-ethyl adjacent to an activating group) is 1. The molecule has 0 aliphatic carbocycles. The minimum absolute atomic E-state index is 0.00684. The highest BCUT2D eigenvalue weighted by molar-refractivity contribution is 5.91. The Hall–Kier alpha value is -2.01. The highest BCUT2D eigenvalue weighted by atomic mass is 16.3. The summed E-state index contributed by atoms with van der Waals surface area (Å²) in [5, 5.41) is 2.84. The summed E-state index contributed by atoms with van der Waals surface area (Å²) >= 11 is 0. The van der Waals surface area contributed by atoms with E-state index in [1.165, 1.54) is 6.26 Å². The second-order valence-corrected chi connectivity index (χ2v) is 4.62. The topological polar surface area (TPSA) is 58.6 Å². The van der Waals surface area contributed by atoms with Crippen LogP contribution in [0.5, 0.6) is 0 Å². The summed E-state index contributed by atoms with van der Waals surface area (Å²) in [7, 11) is 3.89. The van der Waals surface area contributed by atoms with Gasteiger partial charge in [0.15, 0.2) is 5.76 Å². The van der Waals surface area contributed by atoms with Crippen LogP contribution in [-0.2, 0) is 0 Å². The molecule has 0 saturated heterocycles. The SMILES string of the molecule is Cc1ccc(C(CNC(=O)c2ccco2)N(C)C)o1. The summed E-state index contributed by atoms with van der Waals surface area (Å²) < 4.78 is 10.7. The van der Waals surface area contributed by atoms with E-state index in [4.69, 9.17) is 8.83 Å². The molecule has 1 amide bonds. The molecule has 0 fully saturated rings. The molecule has 2 aromatic heterocycles. The van der Waals surface area contributed by atoms with Crippen LogP contribution in [0, 0.1) is 6.92 Å². The number of nitrogens with one attached hydrogen (secondary N) is 1. The highest BCUT2D eigenvalue weighted by Crippen LogP contribution is 2.20. The number of carbonyl (C=O) groups excluding carboxylic acids is 1. The first kappa shape index (κ1) is 13.4. The fourth-order valence-corrected chi connectivity index (χ4v) is 1.85. The van der Waals surface area contributed by atoms with Crippen molar-refractivity contribution in [1.82, 2.24) is 10.2 Å². The number of carbonyl (C=O) groups is 1. The zero-order valence-corrected chi connectivity index (χ0v) is 11.3. The molecular weight excluding hydrogens is 244 g/mol. The Labute approximate surface area is 112 Å². The molecule has 2 heterocycles. The molecule has 2 aromatic rings. The van der Waals surface area contributed by atoms with Crippen LogP contribution in [0.4, 0.5) is 0 Å². The highest BCUT2D eigenvalue weighted by Gasteiger charge is 2.19. The van der Waals surface area contributed by atoms with Gasteiger partial charge in [-0.05, 0) is 45.3 Å². The maximum Gasteiger partial charge on any atom is 0.287 e. The standard InChI is InChI=1S/C14H18N2O3/c1-10-6-7-12(19-10)11(16(2)3)9-15-14(17)13-5-4-8-18-13/h4-8,11H,9H2,1-3H3,(H,15,17). The first-order valence-corrected chi connectivity index (χ1v) is 6.12. The largest absolute Gasteiger partial charge is 0.465 e. The first-order valence-electron chi connectivity index (χ1n) is 6.12. The molecule has 0 saturated carbocycles. The van der Waals surface area contributed by atoms with Crippen molar-refractivity contribution >= 4 is 5.91 Å². The van der Waals surface area contributed by atoms with E-state index in [1.807, 2.05) is 38.1 Å². The van der Waals surface area contributed by atoms with Crippen LogP contribution in [0.2, 0.25) is 0 Å². The van der Waals surface area contributed by atoms with Gasteiger partial charge in [-0.1, -0.05) is 0 Å². The van der Waals surface area contributed by atoms with Crippen molar-refractivity contribution in [2.75, 3.05) is 20.6 Å². The third-order valence-electron chi connectivity index (χ3n) is 2.91. The van der Waals surface area contributed by atoms with Crippen LogP contribution in [0.3, 0.4) is 0 Å². The molecule has 102 valence electrons. The molecule has 0 bridgehead atoms. The van der Waals surface area contributed by atoms with Gasteiger partial charge in [0.25, 0.3) is 5.91 Å². The summed E-state index contributed by atoms with van der Waals surface area (Å²) in [5.41, 5.74) is 0. The van der Waals surface area contributed by atoms with E-state index in [9.17, 15) is 4.79 Å². The number of hydrogen-bond acceptors (Lipinski definition) is 4. The minimum Gasteiger partial charge on any atom is -0.465 e. The number of aryl methyl sites for hydroxylation is 1. The Bertz CT molecular complexity index is 529. The van der Waals surface area contributed by atoms with Gasteiger partial charge in [0, 0.05) is 6.54 Å². The minimum atomic E-state index is -0.222. The Kier molecular flexibility index (Phi) is 4.06. The van der Waals surface area contributed by atoms with Gasteiger partial charge >= 0.3 is 0 Å². The van der Waals surface area contributed by atoms with Crippen molar-refractivity contribution in [3.63, 3.8) is 0 Å². The van der Waals surface area contributed by atoms with Crippen molar-refractivity contribution in [2.45, 2.75) is 13.0 Å². The summed E-state index contributed by atoms with van der Waals surface area (Å²) in [4.78, 5) is 13.8. The molecule has 1 atom stereocenters. The van der Waals surface area contributed by atoms with Gasteiger partial charge in [0.2, 0.25) is 0 Å². The van der Waals surface area contributed by atoms with Crippen molar-refractivity contribution in [2.24, 2.45) is 0 Å². The van der Waals surface area contributed by atoms with E-state index < -0.39 is 0 Å². The molecule has 1 N–H and O–H groups in total. The van der Waals surface area contributed by atoms with Crippen LogP contribution in [0.1, 0.15) is 28.1 Å². The second kappa shape index (κ2) is 5.75. The molecule has 0 radical (unpaired) electrons. The summed E-state index contributed by atoms with van der Waals surface area (Å²) in [6, 6.07) is 7.16. The molecule has 2 rings (SSSR count). The van der Waals surface area contributed by atoms with Gasteiger partial charge in [-0.3, -0.25) is 9.69 Å². The van der Waals surface area contributed by atoms with Gasteiger partial charge in [0.05, 0.1) is 12.3 Å². The molecule has 5 heteroatoms. The fraction of sp³-hybridized carbons (Fsp3) is 0.357. The van der Waals surface area contributed by atoms with Gasteiger partial charge in [-0.25, -0.2) is 0 Å². The van der Waals surface area contributed by atoms with E-state index in [0.717, 1.165) is 11.5 Å². The number of rotatable bonds is 5. The van der Waals surface area contributed by atoms with Gasteiger partial charge in [-0.2, -0.15) is 0 Å².